The minimum atomic E-state index is -0.596. The lowest BCUT2D eigenvalue weighted by molar-refractivity contribution is 0.0533. The SMILES string of the molecule is CC1COc2cc(C(C)(C)C)ccc2OCC(C(C)O)COc2cc(C(C)(C)C)ccc2OC1. The van der Waals surface area contributed by atoms with E-state index in [0.717, 1.165) is 5.75 Å². The molecule has 0 amide bonds. The van der Waals surface area contributed by atoms with Gasteiger partial charge in [0.1, 0.15) is 0 Å². The van der Waals surface area contributed by atoms with Gasteiger partial charge in [-0.05, 0) is 53.1 Å². The number of aliphatic hydroxyl groups is 1. The molecule has 0 spiro atoms. The standard InChI is InChI=1S/C29H42O5/c1-19-15-31-24-11-9-23(29(6,7)8)14-27(24)34-18-21(20(2)30)17-33-25-12-10-22(28(3,4)5)13-26(25)32-16-19/h9-14,19-21,30H,15-18H2,1-8H3. The summed E-state index contributed by atoms with van der Waals surface area (Å²) in [5, 5.41) is 10.4. The summed E-state index contributed by atoms with van der Waals surface area (Å²) in [5.74, 6) is 2.74. The first-order valence-corrected chi connectivity index (χ1v) is 12.3. The van der Waals surface area contributed by atoms with Gasteiger partial charge >= 0.3 is 0 Å². The van der Waals surface area contributed by atoms with Gasteiger partial charge in [0.15, 0.2) is 23.0 Å². The van der Waals surface area contributed by atoms with Crippen LogP contribution in [0.25, 0.3) is 0 Å². The zero-order valence-electron chi connectivity index (χ0n) is 22.1. The van der Waals surface area contributed by atoms with Crippen LogP contribution in [-0.4, -0.2) is 37.6 Å². The summed E-state index contributed by atoms with van der Waals surface area (Å²) in [4.78, 5) is 0. The number of rotatable bonds is 1. The second kappa shape index (κ2) is 10.5. The van der Waals surface area contributed by atoms with E-state index in [0.29, 0.717) is 43.7 Å². The summed E-state index contributed by atoms with van der Waals surface area (Å²) >= 11 is 0. The molecule has 1 aliphatic rings. The molecule has 0 saturated heterocycles. The Labute approximate surface area is 205 Å². The molecule has 2 aromatic rings. The van der Waals surface area contributed by atoms with E-state index in [1.54, 1.807) is 6.92 Å². The predicted molar refractivity (Wildman–Crippen MR) is 137 cm³/mol. The van der Waals surface area contributed by atoms with Gasteiger partial charge < -0.3 is 24.1 Å². The fraction of sp³-hybridized carbons (Fsp3) is 0.586. The Hall–Kier alpha value is -2.40. The van der Waals surface area contributed by atoms with E-state index in [4.69, 9.17) is 18.9 Å². The van der Waals surface area contributed by atoms with E-state index in [1.165, 1.54) is 11.1 Å². The molecule has 3 atom stereocenters. The van der Waals surface area contributed by atoms with Crippen LogP contribution in [0, 0.1) is 11.8 Å². The topological polar surface area (TPSA) is 57.2 Å². The van der Waals surface area contributed by atoms with Gasteiger partial charge in [-0.3, -0.25) is 0 Å². The predicted octanol–water partition coefficient (Wildman–Crippen LogP) is 6.14. The van der Waals surface area contributed by atoms with Crippen LogP contribution in [0.2, 0.25) is 0 Å². The van der Waals surface area contributed by atoms with Crippen LogP contribution < -0.4 is 18.9 Å². The number of hydrogen-bond acceptors (Lipinski definition) is 5. The summed E-state index contributed by atoms with van der Waals surface area (Å²) in [6.07, 6.45) is -0.596. The van der Waals surface area contributed by atoms with Gasteiger partial charge in [-0.25, -0.2) is 0 Å². The monoisotopic (exact) mass is 470 g/mol. The molecular weight excluding hydrogens is 428 g/mol. The van der Waals surface area contributed by atoms with Gasteiger partial charge in [-0.15, -0.1) is 0 Å². The third-order valence-corrected chi connectivity index (χ3v) is 6.25. The normalized spacial score (nSPS) is 20.9. The highest BCUT2D eigenvalue weighted by Gasteiger charge is 2.23. The van der Waals surface area contributed by atoms with Crippen molar-refractivity contribution in [1.82, 2.24) is 0 Å². The zero-order valence-corrected chi connectivity index (χ0v) is 22.1. The Morgan fingerprint density at radius 2 is 1.06 bits per heavy atom. The molecule has 1 N–H and O–H groups in total. The van der Waals surface area contributed by atoms with Gasteiger partial charge in [0.2, 0.25) is 0 Å². The summed E-state index contributed by atoms with van der Waals surface area (Å²) in [7, 11) is 0. The smallest absolute Gasteiger partial charge is 0.161 e. The summed E-state index contributed by atoms with van der Waals surface area (Å²) < 4.78 is 24.8. The van der Waals surface area contributed by atoms with Gasteiger partial charge in [-0.2, -0.15) is 0 Å². The number of hydrogen-bond donors (Lipinski definition) is 1. The van der Waals surface area contributed by atoms with Gasteiger partial charge in [-0.1, -0.05) is 60.6 Å². The highest BCUT2D eigenvalue weighted by atomic mass is 16.5. The van der Waals surface area contributed by atoms with Crippen LogP contribution in [0.15, 0.2) is 36.4 Å². The molecule has 0 radical (unpaired) electrons. The van der Waals surface area contributed by atoms with E-state index in [2.05, 4.69) is 66.7 Å². The lowest BCUT2D eigenvalue weighted by Crippen LogP contribution is -2.30. The lowest BCUT2D eigenvalue weighted by atomic mass is 9.87. The quantitative estimate of drug-likeness (QED) is 0.542. The van der Waals surface area contributed by atoms with E-state index in [-0.39, 0.29) is 22.7 Å². The molecule has 0 fully saturated rings. The van der Waals surface area contributed by atoms with Crippen molar-refractivity contribution in [3.63, 3.8) is 0 Å². The average molecular weight is 471 g/mol. The van der Waals surface area contributed by atoms with Crippen LogP contribution in [-0.2, 0) is 10.8 Å². The third kappa shape index (κ3) is 6.82. The molecule has 0 saturated carbocycles. The maximum absolute atomic E-state index is 10.4. The van der Waals surface area contributed by atoms with E-state index < -0.39 is 6.10 Å². The Kier molecular flexibility index (Phi) is 8.07. The van der Waals surface area contributed by atoms with E-state index in [9.17, 15) is 5.11 Å². The molecule has 0 bridgehead atoms. The highest BCUT2D eigenvalue weighted by molar-refractivity contribution is 5.46. The van der Waals surface area contributed by atoms with Crippen molar-refractivity contribution in [3.8, 4) is 23.0 Å². The number of ether oxygens (including phenoxy) is 4. The van der Waals surface area contributed by atoms with E-state index in [1.807, 2.05) is 18.2 Å². The lowest BCUT2D eigenvalue weighted by Gasteiger charge is -2.26. The summed E-state index contributed by atoms with van der Waals surface area (Å²) in [5.41, 5.74) is 2.33. The van der Waals surface area contributed by atoms with Crippen molar-refractivity contribution < 1.29 is 24.1 Å². The Bertz CT molecular complexity index is 952. The number of benzene rings is 2. The van der Waals surface area contributed by atoms with Crippen molar-refractivity contribution in [2.24, 2.45) is 11.8 Å². The van der Waals surface area contributed by atoms with Crippen molar-refractivity contribution in [2.75, 3.05) is 26.4 Å². The largest absolute Gasteiger partial charge is 0.489 e. The van der Waals surface area contributed by atoms with Crippen LogP contribution in [0.4, 0.5) is 0 Å². The molecule has 34 heavy (non-hydrogen) atoms. The van der Waals surface area contributed by atoms with Gasteiger partial charge in [0.05, 0.1) is 38.4 Å². The maximum atomic E-state index is 10.4. The number of aliphatic hydroxyl groups excluding tert-OH is 1. The fourth-order valence-corrected chi connectivity index (χ4v) is 3.65. The fourth-order valence-electron chi connectivity index (χ4n) is 3.65. The zero-order chi connectivity index (χ0) is 25.1. The van der Waals surface area contributed by atoms with Crippen molar-refractivity contribution in [2.45, 2.75) is 72.3 Å². The first kappa shape index (κ1) is 26.2. The van der Waals surface area contributed by atoms with Crippen LogP contribution in [0.5, 0.6) is 23.0 Å². The third-order valence-electron chi connectivity index (χ3n) is 6.25. The Morgan fingerprint density at radius 1 is 0.676 bits per heavy atom. The molecule has 3 rings (SSSR count). The molecule has 188 valence electrons. The van der Waals surface area contributed by atoms with Crippen LogP contribution in [0.3, 0.4) is 0 Å². The van der Waals surface area contributed by atoms with Crippen LogP contribution >= 0.6 is 0 Å². The molecule has 1 heterocycles. The van der Waals surface area contributed by atoms with Gasteiger partial charge in [0, 0.05) is 5.92 Å². The molecule has 3 unspecified atom stereocenters. The van der Waals surface area contributed by atoms with Crippen molar-refractivity contribution >= 4 is 0 Å². The van der Waals surface area contributed by atoms with Crippen molar-refractivity contribution in [1.29, 1.82) is 0 Å². The van der Waals surface area contributed by atoms with Crippen LogP contribution in [0.1, 0.15) is 66.5 Å². The van der Waals surface area contributed by atoms with E-state index >= 15 is 0 Å². The second-order valence-electron chi connectivity index (χ2n) is 11.7. The summed E-state index contributed by atoms with van der Waals surface area (Å²) in [6, 6.07) is 12.2. The maximum Gasteiger partial charge on any atom is 0.161 e. The van der Waals surface area contributed by atoms with Gasteiger partial charge in [0.25, 0.3) is 0 Å². The molecule has 2 aromatic carbocycles. The number of fused-ring (bicyclic) bond motifs is 2. The Balaban J connectivity index is 1.91. The molecular formula is C29H42O5. The molecule has 0 aliphatic carbocycles. The minimum Gasteiger partial charge on any atom is -0.489 e. The van der Waals surface area contributed by atoms with Crippen molar-refractivity contribution in [3.05, 3.63) is 47.5 Å². The minimum absolute atomic E-state index is 0.00217. The second-order valence-corrected chi connectivity index (χ2v) is 11.7. The highest BCUT2D eigenvalue weighted by Crippen LogP contribution is 2.36. The molecule has 5 heteroatoms. The first-order chi connectivity index (χ1) is 15.8. The summed E-state index contributed by atoms with van der Waals surface area (Å²) in [6.45, 7) is 18.6. The molecule has 5 nitrogen and oxygen atoms in total. The Morgan fingerprint density at radius 3 is 1.47 bits per heavy atom. The first-order valence-electron chi connectivity index (χ1n) is 12.3. The molecule has 0 aromatic heterocycles. The average Bonchev–Trinajstić information content (AvgIpc) is 2.74. The molecule has 1 aliphatic heterocycles.